The van der Waals surface area contributed by atoms with Crippen LogP contribution in [0.1, 0.15) is 37.9 Å². The average Bonchev–Trinajstić information content (AvgIpc) is 2.15. The number of aryl methyl sites for hydroxylation is 1. The Morgan fingerprint density at radius 1 is 1.29 bits per heavy atom. The van der Waals surface area contributed by atoms with E-state index < -0.39 is 0 Å². The molecule has 0 bridgehead atoms. The predicted octanol–water partition coefficient (Wildman–Crippen LogP) is 3.20. The second-order valence-corrected chi connectivity index (χ2v) is 5.55. The van der Waals surface area contributed by atoms with Gasteiger partial charge in [0, 0.05) is 7.11 Å². The van der Waals surface area contributed by atoms with E-state index in [4.69, 9.17) is 10.5 Å². The van der Waals surface area contributed by atoms with E-state index in [0.717, 1.165) is 11.1 Å². The number of hydrogen-bond acceptors (Lipinski definition) is 2. The molecule has 0 fully saturated rings. The molecule has 0 aliphatic heterocycles. The molecule has 0 aromatic heterocycles. The number of ether oxygens (including phenoxy) is 1. The van der Waals surface area contributed by atoms with E-state index in [9.17, 15) is 4.39 Å². The van der Waals surface area contributed by atoms with Crippen LogP contribution >= 0.6 is 0 Å². The zero-order valence-electron chi connectivity index (χ0n) is 11.3. The minimum Gasteiger partial charge on any atom is -0.379 e. The maximum Gasteiger partial charge on any atom is 0.123 e. The molecule has 17 heavy (non-hydrogen) atoms. The number of rotatable bonds is 3. The number of nitrogens with two attached hydrogens (primary N) is 1. The molecule has 0 saturated carbocycles. The standard InChI is InChI=1S/C14H22FNO/c1-9-8-10(15)6-7-11(9)12(16)13(17-5)14(2,3)4/h6-8,12-13H,16H2,1-5H3. The molecule has 0 spiro atoms. The van der Waals surface area contributed by atoms with Crippen LogP contribution in [0.3, 0.4) is 0 Å². The van der Waals surface area contributed by atoms with Crippen molar-refractivity contribution in [2.24, 2.45) is 11.1 Å². The molecule has 1 aromatic rings. The highest BCUT2D eigenvalue weighted by Crippen LogP contribution is 2.32. The molecule has 2 atom stereocenters. The molecule has 0 aliphatic rings. The lowest BCUT2D eigenvalue weighted by atomic mass is 9.81. The molecule has 0 saturated heterocycles. The Morgan fingerprint density at radius 2 is 1.88 bits per heavy atom. The van der Waals surface area contributed by atoms with Crippen molar-refractivity contribution in [1.82, 2.24) is 0 Å². The van der Waals surface area contributed by atoms with Gasteiger partial charge in [0.1, 0.15) is 5.82 Å². The highest BCUT2D eigenvalue weighted by atomic mass is 19.1. The van der Waals surface area contributed by atoms with Gasteiger partial charge in [-0.3, -0.25) is 0 Å². The Hall–Kier alpha value is -0.930. The number of hydrogen-bond donors (Lipinski definition) is 1. The first kappa shape index (κ1) is 14.1. The van der Waals surface area contributed by atoms with Crippen LogP contribution < -0.4 is 5.73 Å². The lowest BCUT2D eigenvalue weighted by Gasteiger charge is -2.34. The zero-order valence-corrected chi connectivity index (χ0v) is 11.3. The van der Waals surface area contributed by atoms with Crippen LogP contribution in [0.4, 0.5) is 4.39 Å². The van der Waals surface area contributed by atoms with E-state index in [1.54, 1.807) is 13.2 Å². The van der Waals surface area contributed by atoms with Gasteiger partial charge in [-0.2, -0.15) is 0 Å². The summed E-state index contributed by atoms with van der Waals surface area (Å²) in [7, 11) is 1.66. The molecule has 3 heteroatoms. The van der Waals surface area contributed by atoms with Gasteiger partial charge in [-0.1, -0.05) is 26.8 Å². The highest BCUT2D eigenvalue weighted by Gasteiger charge is 2.31. The van der Waals surface area contributed by atoms with E-state index in [-0.39, 0.29) is 23.4 Å². The van der Waals surface area contributed by atoms with Crippen LogP contribution in [0.2, 0.25) is 0 Å². The molecule has 0 amide bonds. The molecular weight excluding hydrogens is 217 g/mol. The Kier molecular flexibility index (Phi) is 4.28. The minimum absolute atomic E-state index is 0.0605. The van der Waals surface area contributed by atoms with Gasteiger partial charge in [0.25, 0.3) is 0 Å². The normalized spacial score (nSPS) is 15.7. The molecule has 0 radical (unpaired) electrons. The summed E-state index contributed by atoms with van der Waals surface area (Å²) < 4.78 is 18.6. The van der Waals surface area contributed by atoms with E-state index in [0.29, 0.717) is 0 Å². The third-order valence-corrected chi connectivity index (χ3v) is 3.02. The summed E-state index contributed by atoms with van der Waals surface area (Å²) in [6.45, 7) is 8.12. The lowest BCUT2D eigenvalue weighted by molar-refractivity contribution is -0.00257. The summed E-state index contributed by atoms with van der Waals surface area (Å²) in [6, 6.07) is 4.44. The summed E-state index contributed by atoms with van der Waals surface area (Å²) in [6.07, 6.45) is -0.105. The first-order valence-corrected chi connectivity index (χ1v) is 5.81. The Bertz CT molecular complexity index is 384. The van der Waals surface area contributed by atoms with Gasteiger partial charge in [-0.05, 0) is 35.6 Å². The predicted molar refractivity (Wildman–Crippen MR) is 68.3 cm³/mol. The van der Waals surface area contributed by atoms with E-state index in [1.807, 2.05) is 6.92 Å². The van der Waals surface area contributed by atoms with Crippen LogP contribution in [0, 0.1) is 18.2 Å². The first-order valence-electron chi connectivity index (χ1n) is 5.81. The van der Waals surface area contributed by atoms with Gasteiger partial charge in [0.15, 0.2) is 0 Å². The molecule has 96 valence electrons. The van der Waals surface area contributed by atoms with Gasteiger partial charge >= 0.3 is 0 Å². The molecule has 0 aliphatic carbocycles. The van der Waals surface area contributed by atoms with Crippen LogP contribution in [-0.4, -0.2) is 13.2 Å². The van der Waals surface area contributed by atoms with Crippen molar-refractivity contribution in [3.63, 3.8) is 0 Å². The first-order chi connectivity index (χ1) is 7.77. The summed E-state index contributed by atoms with van der Waals surface area (Å²) >= 11 is 0. The van der Waals surface area contributed by atoms with Crippen LogP contribution in [0.5, 0.6) is 0 Å². The minimum atomic E-state index is -0.249. The van der Waals surface area contributed by atoms with E-state index in [2.05, 4.69) is 20.8 Å². The van der Waals surface area contributed by atoms with Crippen molar-refractivity contribution in [3.05, 3.63) is 35.1 Å². The second-order valence-electron chi connectivity index (χ2n) is 5.55. The summed E-state index contributed by atoms with van der Waals surface area (Å²) in [4.78, 5) is 0. The molecule has 1 rings (SSSR count). The Balaban J connectivity index is 3.06. The van der Waals surface area contributed by atoms with Gasteiger partial charge in [0.05, 0.1) is 12.1 Å². The van der Waals surface area contributed by atoms with Crippen molar-refractivity contribution in [3.8, 4) is 0 Å². The smallest absolute Gasteiger partial charge is 0.123 e. The number of halogens is 1. The number of methoxy groups -OCH3 is 1. The van der Waals surface area contributed by atoms with Crippen molar-refractivity contribution in [2.75, 3.05) is 7.11 Å². The van der Waals surface area contributed by atoms with Gasteiger partial charge in [0.2, 0.25) is 0 Å². The fraction of sp³-hybridized carbons (Fsp3) is 0.571. The maximum atomic E-state index is 13.1. The third-order valence-electron chi connectivity index (χ3n) is 3.02. The van der Waals surface area contributed by atoms with Gasteiger partial charge in [-0.25, -0.2) is 4.39 Å². The highest BCUT2D eigenvalue weighted by molar-refractivity contribution is 5.30. The van der Waals surface area contributed by atoms with Crippen molar-refractivity contribution in [2.45, 2.75) is 39.8 Å². The molecule has 2 N–H and O–H groups in total. The molecule has 0 heterocycles. The summed E-state index contributed by atoms with van der Waals surface area (Å²) in [5, 5.41) is 0. The fourth-order valence-electron chi connectivity index (χ4n) is 2.22. The zero-order chi connectivity index (χ0) is 13.2. The topological polar surface area (TPSA) is 35.2 Å². The largest absolute Gasteiger partial charge is 0.379 e. The van der Waals surface area contributed by atoms with Crippen molar-refractivity contribution >= 4 is 0 Å². The second kappa shape index (κ2) is 5.15. The average molecular weight is 239 g/mol. The van der Waals surface area contributed by atoms with Crippen molar-refractivity contribution in [1.29, 1.82) is 0 Å². The van der Waals surface area contributed by atoms with Crippen molar-refractivity contribution < 1.29 is 9.13 Å². The summed E-state index contributed by atoms with van der Waals surface area (Å²) in [5.41, 5.74) is 7.98. The Morgan fingerprint density at radius 3 is 2.29 bits per heavy atom. The molecule has 1 aromatic carbocycles. The fourth-order valence-corrected chi connectivity index (χ4v) is 2.22. The quantitative estimate of drug-likeness (QED) is 0.879. The molecule has 2 nitrogen and oxygen atoms in total. The number of benzene rings is 1. The van der Waals surface area contributed by atoms with Crippen LogP contribution in [-0.2, 0) is 4.74 Å². The molecular formula is C14H22FNO. The van der Waals surface area contributed by atoms with E-state index >= 15 is 0 Å². The SMILES string of the molecule is COC(C(N)c1ccc(F)cc1C)C(C)(C)C. The summed E-state index contributed by atoms with van der Waals surface area (Å²) in [5.74, 6) is -0.233. The lowest BCUT2D eigenvalue weighted by Crippen LogP contribution is -2.39. The monoisotopic (exact) mass is 239 g/mol. The Labute approximate surface area is 103 Å². The maximum absolute atomic E-state index is 13.1. The van der Waals surface area contributed by atoms with Gasteiger partial charge in [-0.15, -0.1) is 0 Å². The molecule has 2 unspecified atom stereocenters. The van der Waals surface area contributed by atoms with Crippen LogP contribution in [0.15, 0.2) is 18.2 Å². The third kappa shape index (κ3) is 3.27. The van der Waals surface area contributed by atoms with Crippen LogP contribution in [0.25, 0.3) is 0 Å². The van der Waals surface area contributed by atoms with Gasteiger partial charge < -0.3 is 10.5 Å². The van der Waals surface area contributed by atoms with E-state index in [1.165, 1.54) is 12.1 Å².